The van der Waals surface area contributed by atoms with E-state index in [9.17, 15) is 4.79 Å². The molecule has 1 saturated heterocycles. The first kappa shape index (κ1) is 13.2. The SMILES string of the molecule is NCc1ccc2c(c1)OCCN2CC(=O)N1CCCC1. The molecule has 0 aliphatic carbocycles. The van der Waals surface area contributed by atoms with Gasteiger partial charge in [0.15, 0.2) is 0 Å². The van der Waals surface area contributed by atoms with Gasteiger partial charge in [0, 0.05) is 19.6 Å². The molecule has 0 saturated carbocycles. The van der Waals surface area contributed by atoms with E-state index in [1.807, 2.05) is 23.1 Å². The molecule has 3 rings (SSSR count). The molecule has 2 aliphatic rings. The van der Waals surface area contributed by atoms with Crippen LogP contribution in [-0.2, 0) is 11.3 Å². The number of hydrogen-bond donors (Lipinski definition) is 1. The third-order valence-corrected chi connectivity index (χ3v) is 4.00. The predicted molar refractivity (Wildman–Crippen MR) is 77.9 cm³/mol. The van der Waals surface area contributed by atoms with Crippen LogP contribution in [-0.4, -0.2) is 43.6 Å². The summed E-state index contributed by atoms with van der Waals surface area (Å²) in [5, 5.41) is 0. The molecule has 5 heteroatoms. The standard InChI is InChI=1S/C15H21N3O2/c16-10-12-3-4-13-14(9-12)20-8-7-18(13)11-15(19)17-5-1-2-6-17/h3-4,9H,1-2,5-8,10-11,16H2. The topological polar surface area (TPSA) is 58.8 Å². The average molecular weight is 275 g/mol. The minimum atomic E-state index is 0.221. The van der Waals surface area contributed by atoms with Crippen LogP contribution in [0, 0.1) is 0 Å². The van der Waals surface area contributed by atoms with Crippen molar-refractivity contribution in [2.75, 3.05) is 37.7 Å². The maximum absolute atomic E-state index is 12.3. The molecule has 1 aromatic carbocycles. The minimum Gasteiger partial charge on any atom is -0.490 e. The minimum absolute atomic E-state index is 0.221. The van der Waals surface area contributed by atoms with Gasteiger partial charge in [-0.25, -0.2) is 0 Å². The second-order valence-electron chi connectivity index (χ2n) is 5.36. The summed E-state index contributed by atoms with van der Waals surface area (Å²) in [6, 6.07) is 5.98. The maximum Gasteiger partial charge on any atom is 0.242 e. The Morgan fingerprint density at radius 3 is 2.80 bits per heavy atom. The lowest BCUT2D eigenvalue weighted by Gasteiger charge is -2.32. The van der Waals surface area contributed by atoms with Crippen molar-refractivity contribution in [1.82, 2.24) is 4.90 Å². The zero-order valence-corrected chi connectivity index (χ0v) is 11.7. The van der Waals surface area contributed by atoms with Gasteiger partial charge in [0.25, 0.3) is 0 Å². The van der Waals surface area contributed by atoms with E-state index in [-0.39, 0.29) is 5.91 Å². The fraction of sp³-hybridized carbons (Fsp3) is 0.533. The van der Waals surface area contributed by atoms with E-state index in [4.69, 9.17) is 10.5 Å². The first-order valence-corrected chi connectivity index (χ1v) is 7.26. The Kier molecular flexibility index (Phi) is 3.78. The van der Waals surface area contributed by atoms with Gasteiger partial charge in [0.2, 0.25) is 5.91 Å². The molecule has 1 aromatic rings. The van der Waals surface area contributed by atoms with E-state index < -0.39 is 0 Å². The van der Waals surface area contributed by atoms with Gasteiger partial charge in [-0.15, -0.1) is 0 Å². The van der Waals surface area contributed by atoms with E-state index >= 15 is 0 Å². The Morgan fingerprint density at radius 1 is 1.25 bits per heavy atom. The highest BCUT2D eigenvalue weighted by atomic mass is 16.5. The molecule has 1 fully saturated rings. The lowest BCUT2D eigenvalue weighted by Crippen LogP contribution is -2.42. The van der Waals surface area contributed by atoms with Crippen molar-refractivity contribution in [2.24, 2.45) is 5.73 Å². The van der Waals surface area contributed by atoms with Crippen molar-refractivity contribution in [3.63, 3.8) is 0 Å². The molecule has 0 unspecified atom stereocenters. The predicted octanol–water partition coefficient (Wildman–Crippen LogP) is 0.966. The van der Waals surface area contributed by atoms with Gasteiger partial charge in [-0.3, -0.25) is 4.79 Å². The summed E-state index contributed by atoms with van der Waals surface area (Å²) < 4.78 is 5.68. The largest absolute Gasteiger partial charge is 0.490 e. The zero-order valence-electron chi connectivity index (χ0n) is 11.7. The molecule has 1 amide bonds. The number of hydrogen-bond acceptors (Lipinski definition) is 4. The van der Waals surface area contributed by atoms with Gasteiger partial charge in [0.05, 0.1) is 18.8 Å². The molecule has 0 spiro atoms. The van der Waals surface area contributed by atoms with E-state index in [1.165, 1.54) is 0 Å². The second-order valence-corrected chi connectivity index (χ2v) is 5.36. The van der Waals surface area contributed by atoms with Crippen LogP contribution in [0.1, 0.15) is 18.4 Å². The summed E-state index contributed by atoms with van der Waals surface area (Å²) in [5.41, 5.74) is 7.70. The van der Waals surface area contributed by atoms with Crippen molar-refractivity contribution in [2.45, 2.75) is 19.4 Å². The fourth-order valence-corrected chi connectivity index (χ4v) is 2.84. The first-order chi connectivity index (χ1) is 9.78. The van der Waals surface area contributed by atoms with E-state index in [0.717, 1.165) is 49.5 Å². The number of benzene rings is 1. The number of nitrogens with two attached hydrogens (primary N) is 1. The number of carbonyl (C=O) groups is 1. The molecule has 0 aromatic heterocycles. The quantitative estimate of drug-likeness (QED) is 0.893. The van der Waals surface area contributed by atoms with Crippen LogP contribution in [0.3, 0.4) is 0 Å². The molecule has 5 nitrogen and oxygen atoms in total. The number of likely N-dealkylation sites (tertiary alicyclic amines) is 1. The Hall–Kier alpha value is -1.75. The molecule has 2 heterocycles. The van der Waals surface area contributed by atoms with Crippen molar-refractivity contribution in [1.29, 1.82) is 0 Å². The molecule has 20 heavy (non-hydrogen) atoms. The van der Waals surface area contributed by atoms with Crippen LogP contribution in [0.25, 0.3) is 0 Å². The van der Waals surface area contributed by atoms with Gasteiger partial charge < -0.3 is 20.3 Å². The summed E-state index contributed by atoms with van der Waals surface area (Å²) in [6.45, 7) is 4.13. The van der Waals surface area contributed by atoms with Crippen molar-refractivity contribution in [3.8, 4) is 5.75 Å². The summed E-state index contributed by atoms with van der Waals surface area (Å²) in [4.78, 5) is 16.3. The Balaban J connectivity index is 1.74. The molecular weight excluding hydrogens is 254 g/mol. The number of rotatable bonds is 3. The Bertz CT molecular complexity index is 498. The molecule has 0 radical (unpaired) electrons. The first-order valence-electron chi connectivity index (χ1n) is 7.26. The average Bonchev–Trinajstić information content (AvgIpc) is 3.01. The molecule has 0 atom stereocenters. The molecular formula is C15H21N3O2. The molecule has 2 N–H and O–H groups in total. The lowest BCUT2D eigenvalue weighted by atomic mass is 10.1. The van der Waals surface area contributed by atoms with Crippen LogP contribution in [0.2, 0.25) is 0 Å². The summed E-state index contributed by atoms with van der Waals surface area (Å²) in [7, 11) is 0. The number of amides is 1. The number of nitrogens with zero attached hydrogens (tertiary/aromatic N) is 2. The summed E-state index contributed by atoms with van der Waals surface area (Å²) in [6.07, 6.45) is 2.26. The number of anilines is 1. The zero-order chi connectivity index (χ0) is 13.9. The summed E-state index contributed by atoms with van der Waals surface area (Å²) >= 11 is 0. The van der Waals surface area contributed by atoms with E-state index in [2.05, 4.69) is 4.90 Å². The van der Waals surface area contributed by atoms with Gasteiger partial charge in [0.1, 0.15) is 12.4 Å². The maximum atomic E-state index is 12.3. The monoisotopic (exact) mass is 275 g/mol. The van der Waals surface area contributed by atoms with Crippen LogP contribution in [0.5, 0.6) is 5.75 Å². The highest BCUT2D eigenvalue weighted by Crippen LogP contribution is 2.32. The molecule has 2 aliphatic heterocycles. The highest BCUT2D eigenvalue weighted by Gasteiger charge is 2.24. The highest BCUT2D eigenvalue weighted by molar-refractivity contribution is 5.82. The number of carbonyl (C=O) groups excluding carboxylic acids is 1. The Morgan fingerprint density at radius 2 is 2.05 bits per heavy atom. The third kappa shape index (κ3) is 2.58. The van der Waals surface area contributed by atoms with E-state index in [1.54, 1.807) is 0 Å². The smallest absolute Gasteiger partial charge is 0.242 e. The lowest BCUT2D eigenvalue weighted by molar-refractivity contribution is -0.128. The van der Waals surface area contributed by atoms with Crippen molar-refractivity contribution >= 4 is 11.6 Å². The van der Waals surface area contributed by atoms with Crippen LogP contribution >= 0.6 is 0 Å². The van der Waals surface area contributed by atoms with Crippen LogP contribution < -0.4 is 15.4 Å². The number of ether oxygens (including phenoxy) is 1. The second kappa shape index (κ2) is 5.71. The third-order valence-electron chi connectivity index (χ3n) is 4.00. The van der Waals surface area contributed by atoms with Gasteiger partial charge in [-0.05, 0) is 30.5 Å². The van der Waals surface area contributed by atoms with E-state index in [0.29, 0.717) is 19.7 Å². The molecule has 0 bridgehead atoms. The number of fused-ring (bicyclic) bond motifs is 1. The van der Waals surface area contributed by atoms with Crippen LogP contribution in [0.15, 0.2) is 18.2 Å². The fourth-order valence-electron chi connectivity index (χ4n) is 2.84. The normalized spacial score (nSPS) is 17.9. The van der Waals surface area contributed by atoms with Gasteiger partial charge in [-0.1, -0.05) is 6.07 Å². The van der Waals surface area contributed by atoms with Gasteiger partial charge >= 0.3 is 0 Å². The van der Waals surface area contributed by atoms with Crippen molar-refractivity contribution < 1.29 is 9.53 Å². The summed E-state index contributed by atoms with van der Waals surface area (Å²) in [5.74, 6) is 1.06. The van der Waals surface area contributed by atoms with Gasteiger partial charge in [-0.2, -0.15) is 0 Å². The van der Waals surface area contributed by atoms with Crippen LogP contribution in [0.4, 0.5) is 5.69 Å². The van der Waals surface area contributed by atoms with Crippen molar-refractivity contribution in [3.05, 3.63) is 23.8 Å². The molecule has 108 valence electrons. The Labute approximate surface area is 119 Å².